The van der Waals surface area contributed by atoms with E-state index in [1.807, 2.05) is 0 Å². The maximum atomic E-state index is 11.2. The van der Waals surface area contributed by atoms with Gasteiger partial charge in [0.25, 0.3) is 0 Å². The number of carboxylic acid groups (broad SMARTS) is 4. The molecule has 0 spiro atoms. The van der Waals surface area contributed by atoms with Crippen LogP contribution in [0.4, 0.5) is 0 Å². The Hall–Kier alpha value is 0.580. The monoisotopic (exact) mass is 392 g/mol. The zero-order chi connectivity index (χ0) is 16.6. The molecule has 0 fully saturated rings. The van der Waals surface area contributed by atoms with Crippen molar-refractivity contribution in [2.45, 2.75) is 0 Å². The first kappa shape index (κ1) is 31.3. The van der Waals surface area contributed by atoms with E-state index in [2.05, 4.69) is 0 Å². The van der Waals surface area contributed by atoms with Gasteiger partial charge in [-0.05, 0) is 28.5 Å². The van der Waals surface area contributed by atoms with Gasteiger partial charge in [-0.25, -0.2) is 0 Å². The van der Waals surface area contributed by atoms with Gasteiger partial charge in [-0.3, -0.25) is 0 Å². The summed E-state index contributed by atoms with van der Waals surface area (Å²) in [5, 5.41) is 43.8. The number of hydrogen-bond donors (Lipinski definition) is 0. The fourth-order valence-corrected chi connectivity index (χ4v) is 2.11. The molecule has 2 rings (SSSR count). The molecule has 0 saturated carbocycles. The van der Waals surface area contributed by atoms with E-state index in [1.54, 1.807) is 0 Å². The van der Waals surface area contributed by atoms with Crippen LogP contribution in [0.5, 0.6) is 0 Å². The third-order valence-electron chi connectivity index (χ3n) is 3.01. The van der Waals surface area contributed by atoms with Crippen molar-refractivity contribution < 1.29 is 158 Å². The topological polar surface area (TPSA) is 161 Å². The van der Waals surface area contributed by atoms with Gasteiger partial charge in [-0.1, -0.05) is 12.1 Å². The molecule has 8 nitrogen and oxygen atoms in total. The first-order valence-electron chi connectivity index (χ1n) is 5.70. The first-order chi connectivity index (χ1) is 10.2. The minimum absolute atomic E-state index is 0. The number of rotatable bonds is 4. The zero-order valence-electron chi connectivity index (χ0n) is 14.6. The van der Waals surface area contributed by atoms with Crippen molar-refractivity contribution in [3.8, 4) is 0 Å². The molecule has 26 heavy (non-hydrogen) atoms. The van der Waals surface area contributed by atoms with Gasteiger partial charge in [0.15, 0.2) is 0 Å². The van der Waals surface area contributed by atoms with E-state index in [-0.39, 0.29) is 129 Å². The fourth-order valence-electron chi connectivity index (χ4n) is 2.11. The largest absolute Gasteiger partial charge is 1.00 e. The van der Waals surface area contributed by atoms with Crippen LogP contribution in [0.15, 0.2) is 24.3 Å². The molecule has 12 heteroatoms. The molecule has 2 aromatic rings. The summed E-state index contributed by atoms with van der Waals surface area (Å²) < 4.78 is 0. The zero-order valence-corrected chi connectivity index (χ0v) is 22.6. The molecule has 0 aromatic heterocycles. The van der Waals surface area contributed by atoms with Crippen LogP contribution in [-0.4, -0.2) is 23.9 Å². The standard InChI is InChI=1S/C14H8O8.4Na/c15-11(16)6-2-1-5-3-8(12(17)18)10(14(21)22)9(13(19)20)7(5)4-6;;;;/h1-4H,(H,15,16)(H,17,18)(H,19,20)(H,21,22);;;;/q;4*+1/p-4. The van der Waals surface area contributed by atoms with Crippen molar-refractivity contribution in [2.24, 2.45) is 0 Å². The van der Waals surface area contributed by atoms with Crippen molar-refractivity contribution in [2.75, 3.05) is 0 Å². The van der Waals surface area contributed by atoms with Gasteiger partial charge in [0.05, 0.1) is 23.9 Å². The van der Waals surface area contributed by atoms with Crippen molar-refractivity contribution >= 4 is 34.6 Å². The van der Waals surface area contributed by atoms with E-state index in [1.165, 1.54) is 0 Å². The van der Waals surface area contributed by atoms with Crippen LogP contribution in [0.3, 0.4) is 0 Å². The average molecular weight is 392 g/mol. The summed E-state index contributed by atoms with van der Waals surface area (Å²) in [6, 6.07) is 3.86. The van der Waals surface area contributed by atoms with Gasteiger partial charge in [0, 0.05) is 16.7 Å². The van der Waals surface area contributed by atoms with Gasteiger partial charge >= 0.3 is 118 Å². The SMILES string of the molecule is O=C([O-])c1ccc2cc(C(=O)[O-])c(C(=O)[O-])c(C(=O)[O-])c2c1.[Na+].[Na+].[Na+].[Na+]. The quantitative estimate of drug-likeness (QED) is 0.464. The Labute approximate surface area is 235 Å². The second-order valence-electron chi connectivity index (χ2n) is 4.26. The average Bonchev–Trinajstić information content (AvgIpc) is 2.43. The summed E-state index contributed by atoms with van der Waals surface area (Å²) in [6.07, 6.45) is 0. The van der Waals surface area contributed by atoms with Crippen LogP contribution in [0, 0.1) is 0 Å². The van der Waals surface area contributed by atoms with E-state index in [4.69, 9.17) is 0 Å². The summed E-state index contributed by atoms with van der Waals surface area (Å²) in [5.41, 5.74) is -3.48. The van der Waals surface area contributed by atoms with E-state index in [9.17, 15) is 39.6 Å². The van der Waals surface area contributed by atoms with E-state index >= 15 is 0 Å². The van der Waals surface area contributed by atoms with Crippen LogP contribution >= 0.6 is 0 Å². The first-order valence-corrected chi connectivity index (χ1v) is 5.70. The van der Waals surface area contributed by atoms with Crippen LogP contribution < -0.4 is 139 Å². The van der Waals surface area contributed by atoms with Crippen molar-refractivity contribution in [3.05, 3.63) is 46.5 Å². The summed E-state index contributed by atoms with van der Waals surface area (Å²) in [4.78, 5) is 44.1. The normalized spacial score (nSPS) is 8.77. The van der Waals surface area contributed by atoms with E-state index in [0.717, 1.165) is 24.3 Å². The number of carbonyl (C=O) groups excluding carboxylic acids is 4. The second kappa shape index (κ2) is 12.9. The van der Waals surface area contributed by atoms with Gasteiger partial charge in [0.2, 0.25) is 0 Å². The summed E-state index contributed by atoms with van der Waals surface area (Å²) in [5.74, 6) is -7.61. The number of hydrogen-bond acceptors (Lipinski definition) is 8. The molecule has 0 aliphatic carbocycles. The van der Waals surface area contributed by atoms with Gasteiger partial charge < -0.3 is 39.6 Å². The van der Waals surface area contributed by atoms with Gasteiger partial charge in [0.1, 0.15) is 0 Å². The Balaban J connectivity index is -0.00000132. The molecule has 2 aromatic carbocycles. The molecule has 0 saturated heterocycles. The maximum Gasteiger partial charge on any atom is 1.00 e. The molecule has 0 aliphatic rings. The molecule has 0 atom stereocenters. The molecule has 112 valence electrons. The van der Waals surface area contributed by atoms with Crippen molar-refractivity contribution in [1.82, 2.24) is 0 Å². The fraction of sp³-hybridized carbons (Fsp3) is 0. The Morgan fingerprint density at radius 2 is 1.12 bits per heavy atom. The van der Waals surface area contributed by atoms with Crippen LogP contribution in [-0.2, 0) is 0 Å². The third kappa shape index (κ3) is 6.58. The summed E-state index contributed by atoms with van der Waals surface area (Å²) >= 11 is 0. The molecule has 0 unspecified atom stereocenters. The van der Waals surface area contributed by atoms with Crippen LogP contribution in [0.25, 0.3) is 10.8 Å². The second-order valence-corrected chi connectivity index (χ2v) is 4.26. The molecule has 0 heterocycles. The number of benzene rings is 2. The predicted octanol–water partition coefficient (Wildman–Crippen LogP) is -15.7. The maximum absolute atomic E-state index is 11.2. The Morgan fingerprint density at radius 3 is 1.50 bits per heavy atom. The number of fused-ring (bicyclic) bond motifs is 1. The van der Waals surface area contributed by atoms with Gasteiger partial charge in [-0.15, -0.1) is 0 Å². The third-order valence-corrected chi connectivity index (χ3v) is 3.01. The Bertz CT molecular complexity index is 866. The molecule has 0 N–H and O–H groups in total. The molecular formula is C14H4Na4O8. The van der Waals surface area contributed by atoms with Crippen molar-refractivity contribution in [3.63, 3.8) is 0 Å². The molecular weight excluding hydrogens is 388 g/mol. The molecule has 0 amide bonds. The van der Waals surface area contributed by atoms with E-state index in [0.29, 0.717) is 0 Å². The minimum Gasteiger partial charge on any atom is -0.545 e. The van der Waals surface area contributed by atoms with Crippen molar-refractivity contribution in [1.29, 1.82) is 0 Å². The van der Waals surface area contributed by atoms with Gasteiger partial charge in [-0.2, -0.15) is 0 Å². The molecule has 0 radical (unpaired) electrons. The summed E-state index contributed by atoms with van der Waals surface area (Å²) in [7, 11) is 0. The number of carbonyl (C=O) groups is 4. The Kier molecular flexibility index (Phi) is 15.5. The smallest absolute Gasteiger partial charge is 0.545 e. The molecule has 0 bridgehead atoms. The Morgan fingerprint density at radius 1 is 0.615 bits per heavy atom. The number of aromatic carboxylic acids is 4. The van der Waals surface area contributed by atoms with Crippen LogP contribution in [0.1, 0.15) is 41.4 Å². The van der Waals surface area contributed by atoms with Crippen LogP contribution in [0.2, 0.25) is 0 Å². The predicted molar refractivity (Wildman–Crippen MR) is 61.3 cm³/mol. The molecule has 0 aliphatic heterocycles. The minimum atomic E-state index is -2.07. The van der Waals surface area contributed by atoms with E-state index < -0.39 is 46.1 Å². The summed E-state index contributed by atoms with van der Waals surface area (Å²) in [6.45, 7) is 0. The number of carboxylic acids is 4.